The van der Waals surface area contributed by atoms with Crippen molar-refractivity contribution in [1.82, 2.24) is 0 Å². The van der Waals surface area contributed by atoms with Gasteiger partial charge in [-0.25, -0.2) is 0 Å². The minimum atomic E-state index is 0.0157. The molecule has 2 aromatic carbocycles. The van der Waals surface area contributed by atoms with Crippen LogP contribution in [0.25, 0.3) is 0 Å². The molecule has 0 heterocycles. The summed E-state index contributed by atoms with van der Waals surface area (Å²) >= 11 is 0. The summed E-state index contributed by atoms with van der Waals surface area (Å²) in [5, 5.41) is 0. The molecule has 0 atom stereocenters. The van der Waals surface area contributed by atoms with Crippen molar-refractivity contribution in [2.75, 3.05) is 14.2 Å². The number of benzene rings is 2. The zero-order valence-electron chi connectivity index (χ0n) is 13.1. The lowest BCUT2D eigenvalue weighted by Crippen LogP contribution is -2.06. The van der Waals surface area contributed by atoms with Gasteiger partial charge in [0.05, 0.1) is 19.8 Å². The van der Waals surface area contributed by atoms with Crippen LogP contribution in [0.5, 0.6) is 11.5 Å². The first-order chi connectivity index (χ1) is 10.2. The summed E-state index contributed by atoms with van der Waals surface area (Å²) in [4.78, 5) is 12.3. The van der Waals surface area contributed by atoms with Crippen molar-refractivity contribution in [2.45, 2.75) is 20.3 Å². The van der Waals surface area contributed by atoms with E-state index in [1.54, 1.807) is 32.4 Å². The van der Waals surface area contributed by atoms with Gasteiger partial charge < -0.3 is 9.47 Å². The van der Waals surface area contributed by atoms with E-state index in [1.165, 1.54) is 0 Å². The van der Waals surface area contributed by atoms with E-state index >= 15 is 0 Å². The van der Waals surface area contributed by atoms with Crippen molar-refractivity contribution in [3.05, 3.63) is 59.7 Å². The highest BCUT2D eigenvalue weighted by Gasteiger charge is 2.14. The summed E-state index contributed by atoms with van der Waals surface area (Å²) < 4.78 is 10.4. The van der Waals surface area contributed by atoms with Crippen molar-refractivity contribution < 1.29 is 14.3 Å². The van der Waals surface area contributed by atoms with E-state index in [9.17, 15) is 4.79 Å². The van der Waals surface area contributed by atoms with E-state index in [1.807, 2.05) is 44.2 Å². The van der Waals surface area contributed by atoms with Crippen molar-refractivity contribution in [3.8, 4) is 11.5 Å². The predicted molar refractivity (Wildman–Crippen MR) is 85.4 cm³/mol. The third-order valence-electron chi connectivity index (χ3n) is 2.91. The van der Waals surface area contributed by atoms with Gasteiger partial charge in [0, 0.05) is 6.42 Å². The lowest BCUT2D eigenvalue weighted by Gasteiger charge is -2.09. The molecule has 0 saturated heterocycles. The maximum atomic E-state index is 12.3. The van der Waals surface area contributed by atoms with E-state index in [0.29, 0.717) is 23.5 Å². The van der Waals surface area contributed by atoms with Crippen molar-refractivity contribution in [2.24, 2.45) is 0 Å². The summed E-state index contributed by atoms with van der Waals surface area (Å²) in [5.41, 5.74) is 1.53. The third kappa shape index (κ3) is 4.63. The Morgan fingerprint density at radius 3 is 2.19 bits per heavy atom. The molecule has 0 aromatic heterocycles. The fourth-order valence-corrected chi connectivity index (χ4v) is 1.91. The first-order valence-corrected chi connectivity index (χ1v) is 7.03. The molecular weight excluding hydrogens is 264 g/mol. The van der Waals surface area contributed by atoms with E-state index in [4.69, 9.17) is 9.47 Å². The minimum Gasteiger partial charge on any atom is -0.497 e. The van der Waals surface area contributed by atoms with Gasteiger partial charge in [0.25, 0.3) is 0 Å². The van der Waals surface area contributed by atoms with Gasteiger partial charge >= 0.3 is 0 Å². The highest BCUT2D eigenvalue weighted by molar-refractivity contribution is 6.00. The summed E-state index contributed by atoms with van der Waals surface area (Å²) in [6.07, 6.45) is 0.352. The Morgan fingerprint density at radius 1 is 0.952 bits per heavy atom. The summed E-state index contributed by atoms with van der Waals surface area (Å²) in [6, 6.07) is 14.9. The number of Topliss-reactive ketones (excluding diaryl/α,β-unsaturated/α-hetero) is 1. The van der Waals surface area contributed by atoms with Gasteiger partial charge in [0.15, 0.2) is 5.78 Å². The number of methoxy groups -OCH3 is 2. The Kier molecular flexibility index (Phi) is 7.02. The summed E-state index contributed by atoms with van der Waals surface area (Å²) in [6.45, 7) is 4.00. The van der Waals surface area contributed by atoms with Gasteiger partial charge in [0.2, 0.25) is 0 Å². The second kappa shape index (κ2) is 8.80. The van der Waals surface area contributed by atoms with Crippen molar-refractivity contribution in [3.63, 3.8) is 0 Å². The number of carbonyl (C=O) groups excluding carboxylic acids is 1. The number of hydrogen-bond donors (Lipinski definition) is 0. The summed E-state index contributed by atoms with van der Waals surface area (Å²) in [7, 11) is 3.13. The average molecular weight is 286 g/mol. The second-order valence-corrected chi connectivity index (χ2v) is 4.15. The molecule has 0 bridgehead atoms. The maximum Gasteiger partial charge on any atom is 0.171 e. The standard InChI is InChI=1S/C16H16O3.C2H6/c1-18-13-8-9-16(19-2)14(11-13)15(17)10-12-6-4-3-5-7-12;1-2/h3-9,11H,10H2,1-2H3;1-2H3. The Morgan fingerprint density at radius 2 is 1.62 bits per heavy atom. The highest BCUT2D eigenvalue weighted by atomic mass is 16.5. The third-order valence-corrected chi connectivity index (χ3v) is 2.91. The highest BCUT2D eigenvalue weighted by Crippen LogP contribution is 2.25. The molecule has 0 radical (unpaired) electrons. The fourth-order valence-electron chi connectivity index (χ4n) is 1.91. The Bertz CT molecular complexity index is 562. The first-order valence-electron chi connectivity index (χ1n) is 7.03. The molecule has 2 rings (SSSR count). The lowest BCUT2D eigenvalue weighted by atomic mass is 10.0. The molecule has 0 saturated carbocycles. The Labute approximate surface area is 126 Å². The molecule has 3 heteroatoms. The number of ketones is 1. The predicted octanol–water partition coefficient (Wildman–Crippen LogP) is 4.16. The molecule has 0 unspecified atom stereocenters. The molecule has 0 aliphatic carbocycles. The number of carbonyl (C=O) groups is 1. The molecule has 0 spiro atoms. The molecule has 2 aromatic rings. The average Bonchev–Trinajstić information content (AvgIpc) is 2.57. The Hall–Kier alpha value is -2.29. The monoisotopic (exact) mass is 286 g/mol. The van der Waals surface area contributed by atoms with Crippen LogP contribution < -0.4 is 9.47 Å². The van der Waals surface area contributed by atoms with E-state index in [2.05, 4.69) is 0 Å². The first kappa shape index (κ1) is 16.8. The SMILES string of the molecule is CC.COc1ccc(OC)c(C(=O)Cc2ccccc2)c1. The molecule has 21 heavy (non-hydrogen) atoms. The van der Waals surface area contributed by atoms with Gasteiger partial charge in [-0.15, -0.1) is 0 Å². The number of hydrogen-bond acceptors (Lipinski definition) is 3. The largest absolute Gasteiger partial charge is 0.497 e. The van der Waals surface area contributed by atoms with Crippen LogP contribution in [0.1, 0.15) is 29.8 Å². The summed E-state index contributed by atoms with van der Waals surface area (Å²) in [5.74, 6) is 1.24. The lowest BCUT2D eigenvalue weighted by molar-refractivity contribution is 0.0989. The molecular formula is C18H22O3. The molecule has 112 valence electrons. The molecule has 0 aliphatic heterocycles. The fraction of sp³-hybridized carbons (Fsp3) is 0.278. The number of rotatable bonds is 5. The van der Waals surface area contributed by atoms with Crippen LogP contribution >= 0.6 is 0 Å². The van der Waals surface area contributed by atoms with E-state index < -0.39 is 0 Å². The zero-order valence-corrected chi connectivity index (χ0v) is 13.1. The van der Waals surface area contributed by atoms with Crippen molar-refractivity contribution in [1.29, 1.82) is 0 Å². The molecule has 3 nitrogen and oxygen atoms in total. The number of ether oxygens (including phenoxy) is 2. The van der Waals surface area contributed by atoms with Crippen LogP contribution in [0.2, 0.25) is 0 Å². The minimum absolute atomic E-state index is 0.0157. The van der Waals surface area contributed by atoms with Crippen LogP contribution in [0.3, 0.4) is 0 Å². The van der Waals surface area contributed by atoms with Crippen LogP contribution in [0, 0.1) is 0 Å². The zero-order chi connectivity index (χ0) is 15.7. The normalized spacial score (nSPS) is 9.33. The van der Waals surface area contributed by atoms with E-state index in [-0.39, 0.29) is 5.78 Å². The van der Waals surface area contributed by atoms with Crippen LogP contribution in [0.4, 0.5) is 0 Å². The smallest absolute Gasteiger partial charge is 0.171 e. The van der Waals surface area contributed by atoms with Crippen LogP contribution in [0.15, 0.2) is 48.5 Å². The maximum absolute atomic E-state index is 12.3. The van der Waals surface area contributed by atoms with E-state index in [0.717, 1.165) is 5.56 Å². The molecule has 0 N–H and O–H groups in total. The van der Waals surface area contributed by atoms with Gasteiger partial charge in [-0.3, -0.25) is 4.79 Å². The molecule has 0 amide bonds. The quantitative estimate of drug-likeness (QED) is 0.774. The van der Waals surface area contributed by atoms with Crippen LogP contribution in [-0.4, -0.2) is 20.0 Å². The van der Waals surface area contributed by atoms with Gasteiger partial charge in [-0.05, 0) is 23.8 Å². The Balaban J connectivity index is 0.00000106. The van der Waals surface area contributed by atoms with Gasteiger partial charge in [-0.2, -0.15) is 0 Å². The van der Waals surface area contributed by atoms with Gasteiger partial charge in [-0.1, -0.05) is 44.2 Å². The van der Waals surface area contributed by atoms with Crippen molar-refractivity contribution >= 4 is 5.78 Å². The van der Waals surface area contributed by atoms with Crippen LogP contribution in [-0.2, 0) is 6.42 Å². The molecule has 0 aliphatic rings. The van der Waals surface area contributed by atoms with Gasteiger partial charge in [0.1, 0.15) is 11.5 Å². The topological polar surface area (TPSA) is 35.5 Å². The second-order valence-electron chi connectivity index (χ2n) is 4.15. The molecule has 0 fully saturated rings.